The lowest BCUT2D eigenvalue weighted by Gasteiger charge is -2.20. The number of hydrogen-bond acceptors (Lipinski definition) is 6. The van der Waals surface area contributed by atoms with Crippen molar-refractivity contribution in [1.82, 2.24) is 15.0 Å². The van der Waals surface area contributed by atoms with Crippen LogP contribution in [-0.4, -0.2) is 49.2 Å². The average molecular weight is 278 g/mol. The summed E-state index contributed by atoms with van der Waals surface area (Å²) in [7, 11) is 5.96. The molecule has 20 heavy (non-hydrogen) atoms. The fraction of sp³-hybridized carbons (Fsp3) is 0.786. The van der Waals surface area contributed by atoms with E-state index in [1.165, 1.54) is 6.42 Å². The largest absolute Gasteiger partial charge is 0.354 e. The predicted octanol–water partition coefficient (Wildman–Crippen LogP) is 1.85. The summed E-state index contributed by atoms with van der Waals surface area (Å²) in [6.07, 6.45) is 2.37. The third-order valence-electron chi connectivity index (χ3n) is 3.67. The smallest absolute Gasteiger partial charge is 0.231 e. The zero-order valence-corrected chi connectivity index (χ0v) is 13.2. The summed E-state index contributed by atoms with van der Waals surface area (Å²) in [6, 6.07) is 0. The molecule has 0 radical (unpaired) electrons. The minimum Gasteiger partial charge on any atom is -0.354 e. The van der Waals surface area contributed by atoms with Crippen LogP contribution >= 0.6 is 0 Å². The summed E-state index contributed by atoms with van der Waals surface area (Å²) < 4.78 is 0. The summed E-state index contributed by atoms with van der Waals surface area (Å²) in [5, 5.41) is 3.25. The van der Waals surface area contributed by atoms with E-state index in [9.17, 15) is 0 Å². The van der Waals surface area contributed by atoms with Gasteiger partial charge in [-0.1, -0.05) is 13.8 Å². The molecule has 1 aromatic rings. The molecule has 6 heteroatoms. The van der Waals surface area contributed by atoms with Gasteiger partial charge in [-0.05, 0) is 24.7 Å². The van der Waals surface area contributed by atoms with Gasteiger partial charge in [0.25, 0.3) is 0 Å². The topological polar surface area (TPSA) is 57.2 Å². The summed E-state index contributed by atoms with van der Waals surface area (Å²) >= 11 is 0. The van der Waals surface area contributed by atoms with E-state index >= 15 is 0 Å². The number of nitrogens with one attached hydrogen (secondary N) is 1. The van der Waals surface area contributed by atoms with Crippen LogP contribution in [0.4, 0.5) is 17.8 Å². The number of anilines is 3. The molecule has 1 aromatic heterocycles. The van der Waals surface area contributed by atoms with Crippen molar-refractivity contribution >= 4 is 17.8 Å². The van der Waals surface area contributed by atoms with Crippen LogP contribution in [0.1, 0.15) is 26.7 Å². The number of nitrogens with zero attached hydrogens (tertiary/aromatic N) is 5. The normalized spacial score (nSPS) is 20.6. The second-order valence-corrected chi connectivity index (χ2v) is 5.93. The van der Waals surface area contributed by atoms with E-state index in [4.69, 9.17) is 0 Å². The van der Waals surface area contributed by atoms with Crippen molar-refractivity contribution in [3.8, 4) is 0 Å². The molecule has 6 nitrogen and oxygen atoms in total. The lowest BCUT2D eigenvalue weighted by atomic mass is 10.3. The van der Waals surface area contributed by atoms with Crippen molar-refractivity contribution in [1.29, 1.82) is 0 Å². The molecule has 0 bridgehead atoms. The van der Waals surface area contributed by atoms with Gasteiger partial charge in [0.15, 0.2) is 0 Å². The first-order valence-corrected chi connectivity index (χ1v) is 7.39. The number of rotatable bonds is 7. The molecule has 1 heterocycles. The highest BCUT2D eigenvalue weighted by atomic mass is 15.3. The summed E-state index contributed by atoms with van der Waals surface area (Å²) in [4.78, 5) is 17.5. The van der Waals surface area contributed by atoms with Crippen LogP contribution in [0.5, 0.6) is 0 Å². The SMILES string of the molecule is CCCNc1nc(N(C)C)nc(N(C)CC2CC2C)n1. The maximum Gasteiger partial charge on any atom is 0.231 e. The maximum atomic E-state index is 4.54. The molecule has 112 valence electrons. The minimum absolute atomic E-state index is 0.663. The van der Waals surface area contributed by atoms with Gasteiger partial charge in [0.1, 0.15) is 0 Å². The Hall–Kier alpha value is -1.59. The van der Waals surface area contributed by atoms with Crippen molar-refractivity contribution in [2.75, 3.05) is 49.3 Å². The summed E-state index contributed by atoms with van der Waals surface area (Å²) in [5.74, 6) is 3.74. The molecule has 2 atom stereocenters. The van der Waals surface area contributed by atoms with Crippen molar-refractivity contribution in [3.63, 3.8) is 0 Å². The Bertz CT molecular complexity index is 447. The first-order valence-electron chi connectivity index (χ1n) is 7.39. The fourth-order valence-electron chi connectivity index (χ4n) is 2.13. The molecular weight excluding hydrogens is 252 g/mol. The van der Waals surface area contributed by atoms with Crippen LogP contribution in [0, 0.1) is 11.8 Å². The molecular formula is C14H26N6. The molecule has 1 aliphatic carbocycles. The first-order chi connectivity index (χ1) is 9.51. The van der Waals surface area contributed by atoms with Crippen molar-refractivity contribution in [3.05, 3.63) is 0 Å². The molecule has 1 aliphatic rings. The fourth-order valence-corrected chi connectivity index (χ4v) is 2.13. The van der Waals surface area contributed by atoms with Crippen molar-refractivity contribution in [2.45, 2.75) is 26.7 Å². The quantitative estimate of drug-likeness (QED) is 0.821. The Labute approximate surface area is 121 Å². The van der Waals surface area contributed by atoms with Crippen LogP contribution in [0.3, 0.4) is 0 Å². The third-order valence-corrected chi connectivity index (χ3v) is 3.67. The van der Waals surface area contributed by atoms with E-state index in [0.717, 1.165) is 37.3 Å². The molecule has 0 aliphatic heterocycles. The van der Waals surface area contributed by atoms with E-state index in [0.29, 0.717) is 11.9 Å². The van der Waals surface area contributed by atoms with Gasteiger partial charge in [0.05, 0.1) is 0 Å². The van der Waals surface area contributed by atoms with Gasteiger partial charge < -0.3 is 15.1 Å². The minimum atomic E-state index is 0.663. The van der Waals surface area contributed by atoms with Gasteiger partial charge in [0, 0.05) is 34.2 Å². The molecule has 0 spiro atoms. The highest BCUT2D eigenvalue weighted by Gasteiger charge is 2.33. The standard InChI is InChI=1S/C14H26N6/c1-6-7-15-12-16-13(19(3)4)18-14(17-12)20(5)9-11-8-10(11)2/h10-11H,6-9H2,1-5H3,(H,15,16,17,18). The summed E-state index contributed by atoms with van der Waals surface area (Å²) in [5.41, 5.74) is 0. The van der Waals surface area contributed by atoms with Crippen molar-refractivity contribution < 1.29 is 0 Å². The molecule has 2 rings (SSSR count). The Morgan fingerprint density at radius 1 is 1.15 bits per heavy atom. The lowest BCUT2D eigenvalue weighted by molar-refractivity contribution is 0.709. The Balaban J connectivity index is 2.14. The van der Waals surface area contributed by atoms with Gasteiger partial charge in [-0.15, -0.1) is 0 Å². The Morgan fingerprint density at radius 3 is 2.35 bits per heavy atom. The van der Waals surface area contributed by atoms with Crippen LogP contribution in [0.2, 0.25) is 0 Å². The Morgan fingerprint density at radius 2 is 1.80 bits per heavy atom. The first kappa shape index (κ1) is 14.8. The molecule has 1 fully saturated rings. The monoisotopic (exact) mass is 278 g/mol. The predicted molar refractivity (Wildman–Crippen MR) is 83.5 cm³/mol. The molecule has 1 saturated carbocycles. The van der Waals surface area contributed by atoms with E-state index in [-0.39, 0.29) is 0 Å². The highest BCUT2D eigenvalue weighted by molar-refractivity contribution is 5.44. The van der Waals surface area contributed by atoms with Gasteiger partial charge in [-0.3, -0.25) is 0 Å². The van der Waals surface area contributed by atoms with E-state index < -0.39 is 0 Å². The lowest BCUT2D eigenvalue weighted by Crippen LogP contribution is -2.25. The van der Waals surface area contributed by atoms with Crippen LogP contribution in [0.25, 0.3) is 0 Å². The highest BCUT2D eigenvalue weighted by Crippen LogP contribution is 2.38. The van der Waals surface area contributed by atoms with Crippen LogP contribution in [-0.2, 0) is 0 Å². The maximum absolute atomic E-state index is 4.54. The van der Waals surface area contributed by atoms with Gasteiger partial charge in [-0.25, -0.2) is 0 Å². The zero-order valence-electron chi connectivity index (χ0n) is 13.2. The average Bonchev–Trinajstić information content (AvgIpc) is 3.11. The van der Waals surface area contributed by atoms with Crippen LogP contribution < -0.4 is 15.1 Å². The third kappa shape index (κ3) is 3.71. The second-order valence-electron chi connectivity index (χ2n) is 5.93. The second kappa shape index (κ2) is 6.24. The molecule has 0 saturated heterocycles. The number of hydrogen-bond donors (Lipinski definition) is 1. The molecule has 0 amide bonds. The van der Waals surface area contributed by atoms with E-state index in [1.807, 2.05) is 19.0 Å². The van der Waals surface area contributed by atoms with Gasteiger partial charge in [0.2, 0.25) is 17.8 Å². The molecule has 2 unspecified atom stereocenters. The van der Waals surface area contributed by atoms with E-state index in [2.05, 4.69) is 46.1 Å². The van der Waals surface area contributed by atoms with E-state index in [1.54, 1.807) is 0 Å². The van der Waals surface area contributed by atoms with Crippen molar-refractivity contribution in [2.24, 2.45) is 11.8 Å². The molecule has 1 N–H and O–H groups in total. The van der Waals surface area contributed by atoms with Gasteiger partial charge in [-0.2, -0.15) is 15.0 Å². The zero-order chi connectivity index (χ0) is 14.7. The summed E-state index contributed by atoms with van der Waals surface area (Å²) in [6.45, 7) is 6.32. The van der Waals surface area contributed by atoms with Crippen LogP contribution in [0.15, 0.2) is 0 Å². The molecule has 0 aromatic carbocycles. The van der Waals surface area contributed by atoms with Gasteiger partial charge >= 0.3 is 0 Å². The number of aromatic nitrogens is 3. The Kier molecular flexibility index (Phi) is 4.62.